The van der Waals surface area contributed by atoms with Crippen LogP contribution in [0.4, 0.5) is 4.79 Å². The fourth-order valence-corrected chi connectivity index (χ4v) is 2.54. The number of likely N-dealkylation sites (tertiary alicyclic amines) is 1. The number of ether oxygens (including phenoxy) is 1. The Morgan fingerprint density at radius 1 is 1.43 bits per heavy atom. The molecule has 118 valence electrons. The van der Waals surface area contributed by atoms with Crippen molar-refractivity contribution in [3.8, 4) is 6.07 Å². The Labute approximate surface area is 125 Å². The van der Waals surface area contributed by atoms with Gasteiger partial charge < -0.3 is 19.6 Å². The molecule has 0 aromatic rings. The third-order valence-electron chi connectivity index (χ3n) is 3.61. The highest BCUT2D eigenvalue weighted by Crippen LogP contribution is 2.21. The highest BCUT2D eigenvalue weighted by molar-refractivity contribution is 5.76. The fourth-order valence-electron chi connectivity index (χ4n) is 2.54. The summed E-state index contributed by atoms with van der Waals surface area (Å²) in [6.45, 7) is 1.73. The summed E-state index contributed by atoms with van der Waals surface area (Å²) < 4.78 is 4.99. The molecule has 0 saturated carbocycles. The molecule has 21 heavy (non-hydrogen) atoms. The average molecular weight is 297 g/mol. The standard InChI is InChI=1S/C14H23N3O4/c1-21-10-9-16(7-4-6-15)14(20)17-8-3-2-5-12(17)11-13(18)19/h12H,2-5,7-11H2,1H3,(H,18,19). The van der Waals surface area contributed by atoms with Crippen LogP contribution in [0.1, 0.15) is 32.1 Å². The lowest BCUT2D eigenvalue weighted by Gasteiger charge is -2.38. The van der Waals surface area contributed by atoms with E-state index < -0.39 is 5.97 Å². The zero-order valence-electron chi connectivity index (χ0n) is 12.5. The van der Waals surface area contributed by atoms with Crippen molar-refractivity contribution < 1.29 is 19.4 Å². The van der Waals surface area contributed by atoms with Gasteiger partial charge in [0.25, 0.3) is 0 Å². The van der Waals surface area contributed by atoms with Gasteiger partial charge in [0.15, 0.2) is 0 Å². The zero-order chi connectivity index (χ0) is 15.7. The third kappa shape index (κ3) is 5.60. The maximum absolute atomic E-state index is 12.6. The number of piperidine rings is 1. The molecule has 1 N–H and O–H groups in total. The first kappa shape index (κ1) is 17.2. The summed E-state index contributed by atoms with van der Waals surface area (Å²) in [6, 6.07) is 1.59. The average Bonchev–Trinajstić information content (AvgIpc) is 2.47. The van der Waals surface area contributed by atoms with E-state index in [-0.39, 0.29) is 24.9 Å². The van der Waals surface area contributed by atoms with Crippen LogP contribution in [0.15, 0.2) is 0 Å². The minimum absolute atomic E-state index is 0.0257. The SMILES string of the molecule is COCCN(CCC#N)C(=O)N1CCCCC1CC(=O)O. The van der Waals surface area contributed by atoms with Gasteiger partial charge in [-0.1, -0.05) is 0 Å². The zero-order valence-corrected chi connectivity index (χ0v) is 12.5. The monoisotopic (exact) mass is 297 g/mol. The van der Waals surface area contributed by atoms with Crippen molar-refractivity contribution in [2.75, 3.05) is 33.4 Å². The van der Waals surface area contributed by atoms with E-state index in [2.05, 4.69) is 0 Å². The lowest BCUT2D eigenvalue weighted by atomic mass is 10.00. The van der Waals surface area contributed by atoms with Crippen LogP contribution >= 0.6 is 0 Å². The van der Waals surface area contributed by atoms with E-state index >= 15 is 0 Å². The second-order valence-corrected chi connectivity index (χ2v) is 5.11. The predicted molar refractivity (Wildman–Crippen MR) is 75.7 cm³/mol. The summed E-state index contributed by atoms with van der Waals surface area (Å²) in [5, 5.41) is 17.7. The molecule has 0 spiro atoms. The largest absolute Gasteiger partial charge is 0.481 e. The van der Waals surface area contributed by atoms with Gasteiger partial charge in [0, 0.05) is 32.8 Å². The van der Waals surface area contributed by atoms with E-state index in [0.717, 1.165) is 12.8 Å². The van der Waals surface area contributed by atoms with Crippen LogP contribution in [0, 0.1) is 11.3 Å². The van der Waals surface area contributed by atoms with Crippen molar-refractivity contribution in [3.05, 3.63) is 0 Å². The molecule has 7 nitrogen and oxygen atoms in total. The Balaban J connectivity index is 2.72. The molecule has 1 aliphatic heterocycles. The summed E-state index contributed by atoms with van der Waals surface area (Å²) in [4.78, 5) is 26.8. The number of carboxylic acid groups (broad SMARTS) is 1. The van der Waals surface area contributed by atoms with Crippen molar-refractivity contribution in [1.29, 1.82) is 5.26 Å². The van der Waals surface area contributed by atoms with Crippen LogP contribution in [-0.2, 0) is 9.53 Å². The summed E-state index contributed by atoms with van der Waals surface area (Å²) >= 11 is 0. The Morgan fingerprint density at radius 2 is 2.19 bits per heavy atom. The highest BCUT2D eigenvalue weighted by atomic mass is 16.5. The van der Waals surface area contributed by atoms with Crippen molar-refractivity contribution >= 4 is 12.0 Å². The quantitative estimate of drug-likeness (QED) is 0.764. The van der Waals surface area contributed by atoms with Gasteiger partial charge in [-0.2, -0.15) is 5.26 Å². The molecule has 1 aliphatic rings. The van der Waals surface area contributed by atoms with Crippen LogP contribution in [0.25, 0.3) is 0 Å². The van der Waals surface area contributed by atoms with Gasteiger partial charge in [-0.3, -0.25) is 4.79 Å². The first-order valence-electron chi connectivity index (χ1n) is 7.23. The van der Waals surface area contributed by atoms with Crippen molar-refractivity contribution in [2.24, 2.45) is 0 Å². The lowest BCUT2D eigenvalue weighted by Crippen LogP contribution is -2.51. The molecule has 1 heterocycles. The molecule has 0 aromatic carbocycles. The maximum Gasteiger partial charge on any atom is 0.320 e. The normalized spacial score (nSPS) is 18.1. The molecule has 1 fully saturated rings. The number of nitriles is 1. The smallest absolute Gasteiger partial charge is 0.320 e. The van der Waals surface area contributed by atoms with Gasteiger partial charge in [-0.05, 0) is 19.3 Å². The molecule has 1 saturated heterocycles. The van der Waals surface area contributed by atoms with E-state index in [0.29, 0.717) is 32.7 Å². The molecule has 0 aliphatic carbocycles. The van der Waals surface area contributed by atoms with Gasteiger partial charge in [0.05, 0.1) is 25.5 Å². The van der Waals surface area contributed by atoms with Gasteiger partial charge in [-0.15, -0.1) is 0 Å². The van der Waals surface area contributed by atoms with E-state index in [1.165, 1.54) is 0 Å². The molecule has 1 unspecified atom stereocenters. The topological polar surface area (TPSA) is 93.9 Å². The molecule has 0 bridgehead atoms. The van der Waals surface area contributed by atoms with Crippen molar-refractivity contribution in [2.45, 2.75) is 38.1 Å². The minimum atomic E-state index is -0.889. The Hall–Kier alpha value is -1.81. The molecule has 7 heteroatoms. The van der Waals surface area contributed by atoms with Crippen LogP contribution in [0.5, 0.6) is 0 Å². The second-order valence-electron chi connectivity index (χ2n) is 5.11. The highest BCUT2D eigenvalue weighted by Gasteiger charge is 2.31. The van der Waals surface area contributed by atoms with Crippen LogP contribution in [0.2, 0.25) is 0 Å². The number of hydrogen-bond acceptors (Lipinski definition) is 4. The van der Waals surface area contributed by atoms with Gasteiger partial charge in [0.2, 0.25) is 0 Å². The van der Waals surface area contributed by atoms with Crippen molar-refractivity contribution in [1.82, 2.24) is 9.80 Å². The Morgan fingerprint density at radius 3 is 2.81 bits per heavy atom. The summed E-state index contributed by atoms with van der Waals surface area (Å²) in [5.74, 6) is -0.889. The Kier molecular flexibility index (Phi) is 7.54. The van der Waals surface area contributed by atoms with Gasteiger partial charge >= 0.3 is 12.0 Å². The molecular formula is C14H23N3O4. The fraction of sp³-hybridized carbons (Fsp3) is 0.786. The van der Waals surface area contributed by atoms with E-state index in [9.17, 15) is 9.59 Å². The minimum Gasteiger partial charge on any atom is -0.481 e. The summed E-state index contributed by atoms with van der Waals surface area (Å²) in [6.07, 6.45) is 2.78. The summed E-state index contributed by atoms with van der Waals surface area (Å²) in [5.41, 5.74) is 0. The van der Waals surface area contributed by atoms with Crippen LogP contribution in [-0.4, -0.2) is 66.3 Å². The van der Waals surface area contributed by atoms with Crippen molar-refractivity contribution in [3.63, 3.8) is 0 Å². The Bertz CT molecular complexity index is 394. The molecule has 1 rings (SSSR count). The first-order valence-corrected chi connectivity index (χ1v) is 7.23. The van der Waals surface area contributed by atoms with E-state index in [1.54, 1.807) is 16.9 Å². The van der Waals surface area contributed by atoms with Gasteiger partial charge in [0.1, 0.15) is 0 Å². The predicted octanol–water partition coefficient (Wildman–Crippen LogP) is 1.30. The number of methoxy groups -OCH3 is 1. The molecule has 0 radical (unpaired) electrons. The number of rotatable bonds is 7. The maximum atomic E-state index is 12.6. The number of amides is 2. The number of aliphatic carboxylic acids is 1. The molecule has 1 atom stereocenters. The van der Waals surface area contributed by atoms with E-state index in [1.807, 2.05) is 6.07 Å². The van der Waals surface area contributed by atoms with Crippen LogP contribution < -0.4 is 0 Å². The van der Waals surface area contributed by atoms with E-state index in [4.69, 9.17) is 15.1 Å². The second kappa shape index (κ2) is 9.19. The number of carbonyl (C=O) groups is 2. The number of urea groups is 1. The van der Waals surface area contributed by atoms with Gasteiger partial charge in [-0.25, -0.2) is 4.79 Å². The lowest BCUT2D eigenvalue weighted by molar-refractivity contribution is -0.138. The third-order valence-corrected chi connectivity index (χ3v) is 3.61. The first-order chi connectivity index (χ1) is 10.1. The number of hydrogen-bond donors (Lipinski definition) is 1. The molecule has 2 amide bonds. The number of nitrogens with zero attached hydrogens (tertiary/aromatic N) is 3. The number of carboxylic acids is 1. The number of carbonyl (C=O) groups excluding carboxylic acids is 1. The van der Waals surface area contributed by atoms with Crippen LogP contribution in [0.3, 0.4) is 0 Å². The molecular weight excluding hydrogens is 274 g/mol. The summed E-state index contributed by atoms with van der Waals surface area (Å²) in [7, 11) is 1.56. The molecule has 0 aromatic heterocycles.